The normalized spacial score (nSPS) is 20.4. The van der Waals surface area contributed by atoms with Crippen LogP contribution in [-0.2, 0) is 16.6 Å². The maximum atomic E-state index is 12.4. The van der Waals surface area contributed by atoms with Crippen LogP contribution in [-0.4, -0.2) is 50.9 Å². The third-order valence-electron chi connectivity index (χ3n) is 4.07. The molecule has 2 atom stereocenters. The molecule has 1 aromatic rings. The summed E-state index contributed by atoms with van der Waals surface area (Å²) in [4.78, 5) is 24.7. The molecule has 0 saturated heterocycles. The Kier molecular flexibility index (Phi) is 7.23. The van der Waals surface area contributed by atoms with E-state index in [1.165, 1.54) is 11.8 Å². The van der Waals surface area contributed by atoms with E-state index in [1.807, 2.05) is 0 Å². The fraction of sp³-hybridized carbons (Fsp3) is 0.667. The lowest BCUT2D eigenvalue weighted by atomic mass is 9.78. The Labute approximate surface area is 145 Å². The number of amides is 2. The molecular formula is C15H24N6O2S. The van der Waals surface area contributed by atoms with Crippen LogP contribution < -0.4 is 10.6 Å². The lowest BCUT2D eigenvalue weighted by molar-refractivity contribution is -0.136. The highest BCUT2D eigenvalue weighted by Gasteiger charge is 2.35. The lowest BCUT2D eigenvalue weighted by Gasteiger charge is -2.29. The van der Waals surface area contributed by atoms with Crippen LogP contribution in [0.25, 0.3) is 0 Å². The summed E-state index contributed by atoms with van der Waals surface area (Å²) >= 11 is 1.48. The summed E-state index contributed by atoms with van der Waals surface area (Å²) in [5, 5.41) is 17.7. The van der Waals surface area contributed by atoms with E-state index < -0.39 is 0 Å². The van der Waals surface area contributed by atoms with E-state index in [-0.39, 0.29) is 23.7 Å². The molecule has 2 amide bonds. The third kappa shape index (κ3) is 5.05. The third-order valence-corrected chi connectivity index (χ3v) is 5.09. The Morgan fingerprint density at radius 3 is 2.54 bits per heavy atom. The van der Waals surface area contributed by atoms with Crippen LogP contribution in [0.1, 0.15) is 25.7 Å². The smallest absolute Gasteiger partial charge is 0.224 e. The van der Waals surface area contributed by atoms with E-state index in [0.717, 1.165) is 25.7 Å². The Balaban J connectivity index is 1.79. The molecule has 24 heavy (non-hydrogen) atoms. The Bertz CT molecular complexity index is 576. The lowest BCUT2D eigenvalue weighted by Crippen LogP contribution is -2.44. The van der Waals surface area contributed by atoms with Gasteiger partial charge in [0.05, 0.1) is 0 Å². The second-order valence-electron chi connectivity index (χ2n) is 5.76. The molecule has 2 N–H and O–H groups in total. The molecule has 2 rings (SSSR count). The molecule has 1 aliphatic carbocycles. The Hall–Kier alpha value is -1.90. The van der Waals surface area contributed by atoms with Crippen LogP contribution in [0.15, 0.2) is 17.8 Å². The first-order chi connectivity index (χ1) is 11.6. The fourth-order valence-corrected chi connectivity index (χ4v) is 3.56. The molecule has 1 fully saturated rings. The van der Waals surface area contributed by atoms with Crippen LogP contribution in [0.3, 0.4) is 0 Å². The van der Waals surface area contributed by atoms with E-state index in [2.05, 4.69) is 32.7 Å². The van der Waals surface area contributed by atoms with Gasteiger partial charge in [-0.25, -0.2) is 4.68 Å². The van der Waals surface area contributed by atoms with Gasteiger partial charge >= 0.3 is 0 Å². The molecule has 0 unspecified atom stereocenters. The van der Waals surface area contributed by atoms with Gasteiger partial charge in [-0.05, 0) is 23.3 Å². The van der Waals surface area contributed by atoms with Gasteiger partial charge in [0.25, 0.3) is 0 Å². The molecule has 1 aromatic heterocycles. The number of carbonyl (C=O) groups excluding carboxylic acids is 2. The highest BCUT2D eigenvalue weighted by Crippen LogP contribution is 2.30. The van der Waals surface area contributed by atoms with E-state index in [0.29, 0.717) is 24.0 Å². The number of thioether (sulfide) groups is 1. The zero-order valence-electron chi connectivity index (χ0n) is 13.9. The second kappa shape index (κ2) is 9.41. The second-order valence-corrected chi connectivity index (χ2v) is 6.82. The average molecular weight is 352 g/mol. The van der Waals surface area contributed by atoms with Crippen molar-refractivity contribution in [3.05, 3.63) is 12.7 Å². The van der Waals surface area contributed by atoms with E-state index >= 15 is 0 Å². The molecule has 1 heterocycles. The van der Waals surface area contributed by atoms with Crippen molar-refractivity contribution >= 4 is 23.6 Å². The standard InChI is InChI=1S/C15H24N6O2S/c1-3-8-16-13(22)11-6-4-5-7-12(11)14(23)17-9-10-24-15-18-19-20-21(15)2/h3,11-12H,1,4-10H2,2H3,(H,16,22)(H,17,23)/t11-,12+/m0/s1. The van der Waals surface area contributed by atoms with Crippen LogP contribution >= 0.6 is 11.8 Å². The molecule has 0 radical (unpaired) electrons. The van der Waals surface area contributed by atoms with Gasteiger partial charge in [-0.1, -0.05) is 30.7 Å². The summed E-state index contributed by atoms with van der Waals surface area (Å²) in [6.07, 6.45) is 5.15. The monoisotopic (exact) mass is 352 g/mol. The van der Waals surface area contributed by atoms with Crippen molar-refractivity contribution in [1.29, 1.82) is 0 Å². The van der Waals surface area contributed by atoms with Crippen molar-refractivity contribution in [3.63, 3.8) is 0 Å². The number of tetrazole rings is 1. The van der Waals surface area contributed by atoms with Gasteiger partial charge in [-0.15, -0.1) is 11.7 Å². The summed E-state index contributed by atoms with van der Waals surface area (Å²) < 4.78 is 1.59. The van der Waals surface area contributed by atoms with Crippen molar-refractivity contribution in [2.24, 2.45) is 18.9 Å². The topological polar surface area (TPSA) is 102 Å². The Morgan fingerprint density at radius 1 is 1.29 bits per heavy atom. The molecular weight excluding hydrogens is 328 g/mol. The molecule has 9 heteroatoms. The minimum Gasteiger partial charge on any atom is -0.355 e. The van der Waals surface area contributed by atoms with Crippen molar-refractivity contribution in [3.8, 4) is 0 Å². The van der Waals surface area contributed by atoms with E-state index in [9.17, 15) is 9.59 Å². The van der Waals surface area contributed by atoms with Crippen molar-refractivity contribution in [2.75, 3.05) is 18.8 Å². The number of carbonyl (C=O) groups is 2. The first-order valence-electron chi connectivity index (χ1n) is 8.15. The minimum atomic E-state index is -0.245. The predicted molar refractivity (Wildman–Crippen MR) is 91.2 cm³/mol. The minimum absolute atomic E-state index is 0.0369. The summed E-state index contributed by atoms with van der Waals surface area (Å²) in [5.74, 6) is 0.110. The van der Waals surface area contributed by atoms with Crippen molar-refractivity contribution in [2.45, 2.75) is 30.8 Å². The number of aryl methyl sites for hydroxylation is 1. The SMILES string of the molecule is C=CCNC(=O)[C@H]1CCCC[C@H]1C(=O)NCCSc1nnnn1C. The van der Waals surface area contributed by atoms with E-state index in [4.69, 9.17) is 0 Å². The van der Waals surface area contributed by atoms with Gasteiger partial charge in [0.1, 0.15) is 0 Å². The zero-order chi connectivity index (χ0) is 17.4. The predicted octanol–water partition coefficient (Wildman–Crippen LogP) is 0.527. The molecule has 1 saturated carbocycles. The highest BCUT2D eigenvalue weighted by atomic mass is 32.2. The summed E-state index contributed by atoms with van der Waals surface area (Å²) in [6, 6.07) is 0. The van der Waals surface area contributed by atoms with Crippen molar-refractivity contribution < 1.29 is 9.59 Å². The number of rotatable bonds is 8. The van der Waals surface area contributed by atoms with Gasteiger partial charge in [-0.3, -0.25) is 9.59 Å². The van der Waals surface area contributed by atoms with Crippen LogP contribution in [0, 0.1) is 11.8 Å². The number of hydrogen-bond acceptors (Lipinski definition) is 6. The van der Waals surface area contributed by atoms with Gasteiger partial charge in [0.2, 0.25) is 17.0 Å². The highest BCUT2D eigenvalue weighted by molar-refractivity contribution is 7.99. The maximum absolute atomic E-state index is 12.4. The van der Waals surface area contributed by atoms with Gasteiger partial charge in [0, 0.05) is 37.7 Å². The summed E-state index contributed by atoms with van der Waals surface area (Å²) in [7, 11) is 1.77. The first-order valence-corrected chi connectivity index (χ1v) is 9.13. The van der Waals surface area contributed by atoms with Crippen LogP contribution in [0.5, 0.6) is 0 Å². The van der Waals surface area contributed by atoms with Crippen molar-refractivity contribution in [1.82, 2.24) is 30.8 Å². The fourth-order valence-electron chi connectivity index (χ4n) is 2.85. The number of hydrogen-bond donors (Lipinski definition) is 2. The first kappa shape index (κ1) is 18.4. The largest absolute Gasteiger partial charge is 0.355 e. The van der Waals surface area contributed by atoms with Crippen LogP contribution in [0.4, 0.5) is 0 Å². The quantitative estimate of drug-likeness (QED) is 0.402. The molecule has 0 spiro atoms. The summed E-state index contributed by atoms with van der Waals surface area (Å²) in [6.45, 7) is 4.56. The number of aromatic nitrogens is 4. The van der Waals surface area contributed by atoms with Gasteiger partial charge < -0.3 is 10.6 Å². The zero-order valence-corrected chi connectivity index (χ0v) is 14.7. The number of nitrogens with zero attached hydrogens (tertiary/aromatic N) is 4. The molecule has 8 nitrogen and oxygen atoms in total. The molecule has 0 aromatic carbocycles. The molecule has 1 aliphatic rings. The Morgan fingerprint density at radius 2 is 1.96 bits per heavy atom. The molecule has 0 aliphatic heterocycles. The number of nitrogens with one attached hydrogen (secondary N) is 2. The van der Waals surface area contributed by atoms with Gasteiger partial charge in [-0.2, -0.15) is 0 Å². The average Bonchev–Trinajstić information content (AvgIpc) is 3.01. The maximum Gasteiger partial charge on any atom is 0.224 e. The van der Waals surface area contributed by atoms with E-state index in [1.54, 1.807) is 17.8 Å². The molecule has 0 bridgehead atoms. The molecule has 132 valence electrons. The van der Waals surface area contributed by atoms with Crippen LogP contribution in [0.2, 0.25) is 0 Å². The summed E-state index contributed by atoms with van der Waals surface area (Å²) in [5.41, 5.74) is 0. The van der Waals surface area contributed by atoms with Gasteiger partial charge in [0.15, 0.2) is 0 Å².